The molecule has 0 atom stereocenters. The molecule has 0 unspecified atom stereocenters. The number of aromatic nitrogens is 3. The molecule has 1 amide bonds. The molecule has 0 radical (unpaired) electrons. The van der Waals surface area contributed by atoms with Crippen LogP contribution in [0.3, 0.4) is 0 Å². The van der Waals surface area contributed by atoms with E-state index in [4.69, 9.17) is 4.42 Å². The van der Waals surface area contributed by atoms with Gasteiger partial charge in [0.2, 0.25) is 11.9 Å². The van der Waals surface area contributed by atoms with Gasteiger partial charge < -0.3 is 4.42 Å². The normalized spacial score (nSPS) is 14.5. The Kier molecular flexibility index (Phi) is 2.57. The second-order valence-corrected chi connectivity index (χ2v) is 5.29. The summed E-state index contributed by atoms with van der Waals surface area (Å²) in [7, 11) is 0. The fourth-order valence-electron chi connectivity index (χ4n) is 2.27. The number of rotatable bonds is 3. The Hall–Kier alpha value is -2.63. The lowest BCUT2D eigenvalue weighted by Crippen LogP contribution is -2.14. The Morgan fingerprint density at radius 2 is 2.19 bits per heavy atom. The number of fused-ring (bicyclic) bond motifs is 1. The van der Waals surface area contributed by atoms with Gasteiger partial charge in [0.1, 0.15) is 11.5 Å². The van der Waals surface area contributed by atoms with Gasteiger partial charge in [0.15, 0.2) is 11.4 Å². The zero-order valence-electron chi connectivity index (χ0n) is 11.5. The first-order valence-corrected chi connectivity index (χ1v) is 6.94. The fraction of sp³-hybridized carbons (Fsp3) is 0.267. The Bertz CT molecular complexity index is 829. The second-order valence-electron chi connectivity index (χ2n) is 5.29. The Labute approximate surface area is 120 Å². The van der Waals surface area contributed by atoms with Gasteiger partial charge >= 0.3 is 0 Å². The molecule has 1 saturated carbocycles. The van der Waals surface area contributed by atoms with Crippen molar-refractivity contribution >= 4 is 17.5 Å². The highest BCUT2D eigenvalue weighted by Gasteiger charge is 2.30. The van der Waals surface area contributed by atoms with Crippen molar-refractivity contribution in [1.29, 1.82) is 0 Å². The molecule has 4 rings (SSSR count). The number of hydrogen-bond donors (Lipinski definition) is 1. The molecular weight excluding hydrogens is 268 g/mol. The quantitative estimate of drug-likeness (QED) is 0.801. The van der Waals surface area contributed by atoms with E-state index in [1.165, 1.54) is 0 Å². The number of amides is 1. The third-order valence-electron chi connectivity index (χ3n) is 3.54. The Morgan fingerprint density at radius 1 is 1.33 bits per heavy atom. The zero-order chi connectivity index (χ0) is 14.4. The lowest BCUT2D eigenvalue weighted by atomic mass is 10.3. The molecule has 0 spiro atoms. The first-order chi connectivity index (χ1) is 10.2. The largest absolute Gasteiger partial charge is 0.460 e. The average molecular weight is 282 g/mol. The summed E-state index contributed by atoms with van der Waals surface area (Å²) in [4.78, 5) is 16.1. The molecule has 1 aliphatic rings. The van der Waals surface area contributed by atoms with Crippen LogP contribution in [0.1, 0.15) is 18.6 Å². The first kappa shape index (κ1) is 12.1. The smallest absolute Gasteiger partial charge is 0.249 e. The fourth-order valence-corrected chi connectivity index (χ4v) is 2.27. The van der Waals surface area contributed by atoms with E-state index in [1.807, 2.05) is 37.3 Å². The highest BCUT2D eigenvalue weighted by atomic mass is 16.3. The Morgan fingerprint density at radius 3 is 2.90 bits per heavy atom. The van der Waals surface area contributed by atoms with Crippen LogP contribution >= 0.6 is 0 Å². The van der Waals surface area contributed by atoms with Crippen molar-refractivity contribution in [2.75, 3.05) is 5.32 Å². The van der Waals surface area contributed by atoms with Gasteiger partial charge in [-0.25, -0.2) is 4.52 Å². The lowest BCUT2D eigenvalue weighted by Gasteiger charge is -1.99. The molecular formula is C15H14N4O2. The molecule has 6 nitrogen and oxygen atoms in total. The van der Waals surface area contributed by atoms with Crippen LogP contribution in [0.2, 0.25) is 0 Å². The summed E-state index contributed by atoms with van der Waals surface area (Å²) >= 11 is 0. The molecule has 0 saturated heterocycles. The van der Waals surface area contributed by atoms with Crippen molar-refractivity contribution in [2.45, 2.75) is 19.8 Å². The SMILES string of the molecule is Cc1ccc(-c2cccc3nc(NC(=O)C4CC4)nn23)o1. The number of nitrogens with one attached hydrogen (secondary N) is 1. The third-order valence-corrected chi connectivity index (χ3v) is 3.54. The maximum atomic E-state index is 11.8. The molecule has 1 fully saturated rings. The Balaban J connectivity index is 1.74. The highest BCUT2D eigenvalue weighted by Crippen LogP contribution is 2.30. The van der Waals surface area contributed by atoms with E-state index in [2.05, 4.69) is 15.4 Å². The summed E-state index contributed by atoms with van der Waals surface area (Å²) in [6, 6.07) is 9.45. The zero-order valence-corrected chi connectivity index (χ0v) is 11.5. The minimum absolute atomic E-state index is 0.00120. The molecule has 3 aromatic rings. The second kappa shape index (κ2) is 4.44. The predicted octanol–water partition coefficient (Wildman–Crippen LogP) is 2.65. The van der Waals surface area contributed by atoms with Crippen LogP contribution < -0.4 is 5.32 Å². The lowest BCUT2D eigenvalue weighted by molar-refractivity contribution is -0.117. The van der Waals surface area contributed by atoms with Crippen molar-refractivity contribution in [1.82, 2.24) is 14.6 Å². The van der Waals surface area contributed by atoms with Crippen LogP contribution in [-0.2, 0) is 4.79 Å². The van der Waals surface area contributed by atoms with Crippen LogP contribution in [-0.4, -0.2) is 20.5 Å². The van der Waals surface area contributed by atoms with Crippen LogP contribution in [0.4, 0.5) is 5.95 Å². The number of aryl methyl sites for hydroxylation is 1. The minimum atomic E-state index is 0.00120. The third kappa shape index (κ3) is 2.18. The predicted molar refractivity (Wildman–Crippen MR) is 76.8 cm³/mol. The number of furan rings is 1. The number of carbonyl (C=O) groups excluding carboxylic acids is 1. The molecule has 1 N–H and O–H groups in total. The average Bonchev–Trinajstić information content (AvgIpc) is 3.11. The number of carbonyl (C=O) groups is 1. The maximum Gasteiger partial charge on any atom is 0.249 e. The van der Waals surface area contributed by atoms with Gasteiger partial charge in [-0.05, 0) is 44.0 Å². The number of pyridine rings is 1. The van der Waals surface area contributed by atoms with E-state index in [-0.39, 0.29) is 11.8 Å². The summed E-state index contributed by atoms with van der Waals surface area (Å²) in [5, 5.41) is 7.13. The molecule has 0 aliphatic heterocycles. The molecule has 3 heterocycles. The van der Waals surface area contributed by atoms with Crippen molar-refractivity contribution in [3.05, 3.63) is 36.1 Å². The van der Waals surface area contributed by atoms with Crippen LogP contribution in [0.25, 0.3) is 17.1 Å². The molecule has 1 aliphatic carbocycles. The van der Waals surface area contributed by atoms with E-state index >= 15 is 0 Å². The van der Waals surface area contributed by atoms with Crippen molar-refractivity contribution in [3.8, 4) is 11.5 Å². The van der Waals surface area contributed by atoms with Gasteiger partial charge in [0.05, 0.1) is 0 Å². The van der Waals surface area contributed by atoms with E-state index in [0.29, 0.717) is 11.6 Å². The topological polar surface area (TPSA) is 72.4 Å². The van der Waals surface area contributed by atoms with Crippen LogP contribution in [0.5, 0.6) is 0 Å². The molecule has 0 bridgehead atoms. The van der Waals surface area contributed by atoms with Gasteiger partial charge in [0.25, 0.3) is 0 Å². The molecule has 21 heavy (non-hydrogen) atoms. The molecule has 106 valence electrons. The number of anilines is 1. The highest BCUT2D eigenvalue weighted by molar-refractivity contribution is 5.92. The van der Waals surface area contributed by atoms with Crippen molar-refractivity contribution in [2.24, 2.45) is 5.92 Å². The van der Waals surface area contributed by atoms with Crippen molar-refractivity contribution < 1.29 is 9.21 Å². The molecule has 3 aromatic heterocycles. The van der Waals surface area contributed by atoms with Crippen LogP contribution in [0.15, 0.2) is 34.7 Å². The minimum Gasteiger partial charge on any atom is -0.460 e. The van der Waals surface area contributed by atoms with E-state index in [1.54, 1.807) is 4.52 Å². The summed E-state index contributed by atoms with van der Waals surface area (Å²) in [6.45, 7) is 1.90. The van der Waals surface area contributed by atoms with Gasteiger partial charge in [-0.2, -0.15) is 4.98 Å². The van der Waals surface area contributed by atoms with E-state index < -0.39 is 0 Å². The first-order valence-electron chi connectivity index (χ1n) is 6.94. The summed E-state index contributed by atoms with van der Waals surface area (Å²) in [6.07, 6.45) is 1.91. The number of nitrogens with zero attached hydrogens (tertiary/aromatic N) is 3. The van der Waals surface area contributed by atoms with Gasteiger partial charge in [0, 0.05) is 5.92 Å². The van der Waals surface area contributed by atoms with Gasteiger partial charge in [-0.3, -0.25) is 10.1 Å². The van der Waals surface area contributed by atoms with Crippen molar-refractivity contribution in [3.63, 3.8) is 0 Å². The summed E-state index contributed by atoms with van der Waals surface area (Å²) < 4.78 is 7.32. The molecule has 0 aromatic carbocycles. The molecule has 6 heteroatoms. The van der Waals surface area contributed by atoms with E-state index in [0.717, 1.165) is 30.1 Å². The summed E-state index contributed by atoms with van der Waals surface area (Å²) in [5.74, 6) is 2.03. The maximum absolute atomic E-state index is 11.8. The monoisotopic (exact) mass is 282 g/mol. The van der Waals surface area contributed by atoms with Gasteiger partial charge in [-0.1, -0.05) is 6.07 Å². The van der Waals surface area contributed by atoms with Gasteiger partial charge in [-0.15, -0.1) is 5.10 Å². The van der Waals surface area contributed by atoms with Crippen LogP contribution in [0, 0.1) is 12.8 Å². The standard InChI is InChI=1S/C15H14N4O2/c1-9-5-8-12(21-9)11-3-2-4-13-16-15(18-19(11)13)17-14(20)10-6-7-10/h2-5,8,10H,6-7H2,1H3,(H,17,18,20). The van der Waals surface area contributed by atoms with E-state index in [9.17, 15) is 4.79 Å². The summed E-state index contributed by atoms with van der Waals surface area (Å²) in [5.41, 5.74) is 1.48. The number of hydrogen-bond acceptors (Lipinski definition) is 4.